The Hall–Kier alpha value is -1.55. The zero-order valence-electron chi connectivity index (χ0n) is 12.9. The number of amides is 1. The summed E-state index contributed by atoms with van der Waals surface area (Å²) in [6, 6.07) is 6.59. The summed E-state index contributed by atoms with van der Waals surface area (Å²) in [5, 5.41) is 3.11. The standard InChI is InChI=1S/C16H25N3O/c1-12-5-6-15(17-2)14(11-12)16(20)19-9-7-13(8-10-19)18(3)4/h5-6,11,13,17H,7-10H2,1-4H3. The molecule has 1 aliphatic rings. The average molecular weight is 275 g/mol. The van der Waals surface area contributed by atoms with Gasteiger partial charge in [0.05, 0.1) is 5.56 Å². The molecule has 0 aliphatic carbocycles. The van der Waals surface area contributed by atoms with Crippen LogP contribution in [0.5, 0.6) is 0 Å². The van der Waals surface area contributed by atoms with E-state index in [1.54, 1.807) is 0 Å². The molecule has 1 fully saturated rings. The van der Waals surface area contributed by atoms with Gasteiger partial charge >= 0.3 is 0 Å². The number of carbonyl (C=O) groups excluding carboxylic acids is 1. The normalized spacial score (nSPS) is 16.6. The molecule has 0 unspecified atom stereocenters. The largest absolute Gasteiger partial charge is 0.387 e. The van der Waals surface area contributed by atoms with Gasteiger partial charge in [-0.1, -0.05) is 11.6 Å². The van der Waals surface area contributed by atoms with Crippen molar-refractivity contribution in [3.63, 3.8) is 0 Å². The molecular formula is C16H25N3O. The van der Waals surface area contributed by atoms with Crippen molar-refractivity contribution in [1.29, 1.82) is 0 Å². The van der Waals surface area contributed by atoms with Crippen molar-refractivity contribution in [2.45, 2.75) is 25.8 Å². The summed E-state index contributed by atoms with van der Waals surface area (Å²) < 4.78 is 0. The van der Waals surface area contributed by atoms with Crippen molar-refractivity contribution in [3.05, 3.63) is 29.3 Å². The number of benzene rings is 1. The molecule has 4 nitrogen and oxygen atoms in total. The molecule has 0 radical (unpaired) electrons. The highest BCUT2D eigenvalue weighted by Crippen LogP contribution is 2.22. The van der Waals surface area contributed by atoms with Gasteiger partial charge in [-0.05, 0) is 46.0 Å². The van der Waals surface area contributed by atoms with Gasteiger partial charge in [-0.2, -0.15) is 0 Å². The molecule has 0 bridgehead atoms. The van der Waals surface area contributed by atoms with Crippen molar-refractivity contribution in [1.82, 2.24) is 9.80 Å². The maximum Gasteiger partial charge on any atom is 0.255 e. The molecule has 20 heavy (non-hydrogen) atoms. The first-order valence-electron chi connectivity index (χ1n) is 7.27. The van der Waals surface area contributed by atoms with E-state index in [1.807, 2.05) is 37.1 Å². The van der Waals surface area contributed by atoms with E-state index in [9.17, 15) is 4.79 Å². The van der Waals surface area contributed by atoms with Crippen molar-refractivity contribution in [2.24, 2.45) is 0 Å². The highest BCUT2D eigenvalue weighted by molar-refractivity contribution is 5.99. The van der Waals surface area contributed by atoms with E-state index in [0.29, 0.717) is 6.04 Å². The maximum absolute atomic E-state index is 12.7. The number of nitrogens with one attached hydrogen (secondary N) is 1. The molecule has 1 aromatic rings. The third-order valence-electron chi connectivity index (χ3n) is 4.16. The number of carbonyl (C=O) groups is 1. The van der Waals surface area contributed by atoms with Crippen LogP contribution in [0.3, 0.4) is 0 Å². The number of hydrogen-bond acceptors (Lipinski definition) is 3. The van der Waals surface area contributed by atoms with Crippen LogP contribution in [-0.2, 0) is 0 Å². The Balaban J connectivity index is 2.11. The van der Waals surface area contributed by atoms with Crippen LogP contribution < -0.4 is 5.32 Å². The number of piperidine rings is 1. The zero-order chi connectivity index (χ0) is 14.7. The highest BCUT2D eigenvalue weighted by Gasteiger charge is 2.25. The van der Waals surface area contributed by atoms with E-state index in [1.165, 1.54) is 0 Å². The summed E-state index contributed by atoms with van der Waals surface area (Å²) in [5.41, 5.74) is 2.82. The van der Waals surface area contributed by atoms with E-state index in [-0.39, 0.29) is 5.91 Å². The molecule has 1 heterocycles. The topological polar surface area (TPSA) is 35.6 Å². The first-order valence-corrected chi connectivity index (χ1v) is 7.27. The summed E-state index contributed by atoms with van der Waals surface area (Å²) in [4.78, 5) is 16.9. The van der Waals surface area contributed by atoms with Crippen LogP contribution in [0.15, 0.2) is 18.2 Å². The van der Waals surface area contributed by atoms with E-state index in [2.05, 4.69) is 24.3 Å². The second-order valence-electron chi connectivity index (χ2n) is 5.79. The molecule has 1 aromatic carbocycles. The maximum atomic E-state index is 12.7. The summed E-state index contributed by atoms with van der Waals surface area (Å²) in [6.07, 6.45) is 2.11. The second kappa shape index (κ2) is 6.27. The Morgan fingerprint density at radius 2 is 1.95 bits per heavy atom. The van der Waals surface area contributed by atoms with Gasteiger partial charge in [0.25, 0.3) is 5.91 Å². The molecule has 0 atom stereocenters. The van der Waals surface area contributed by atoms with Crippen LogP contribution in [-0.4, -0.2) is 56.0 Å². The Morgan fingerprint density at radius 3 is 2.50 bits per heavy atom. The molecule has 110 valence electrons. The third-order valence-corrected chi connectivity index (χ3v) is 4.16. The van der Waals surface area contributed by atoms with Crippen LogP contribution in [0.1, 0.15) is 28.8 Å². The van der Waals surface area contributed by atoms with Crippen LogP contribution >= 0.6 is 0 Å². The summed E-state index contributed by atoms with van der Waals surface area (Å²) in [5.74, 6) is 0.148. The lowest BCUT2D eigenvalue weighted by molar-refractivity contribution is 0.0664. The van der Waals surface area contributed by atoms with Gasteiger partial charge in [0.15, 0.2) is 0 Å². The summed E-state index contributed by atoms with van der Waals surface area (Å²) >= 11 is 0. The summed E-state index contributed by atoms with van der Waals surface area (Å²) in [6.45, 7) is 3.71. The fourth-order valence-electron chi connectivity index (χ4n) is 2.81. The quantitative estimate of drug-likeness (QED) is 0.918. The van der Waals surface area contributed by atoms with Gasteiger partial charge in [0.2, 0.25) is 0 Å². The Kier molecular flexibility index (Phi) is 4.65. The molecule has 1 aliphatic heterocycles. The third kappa shape index (κ3) is 3.12. The van der Waals surface area contributed by atoms with Gasteiger partial charge in [0, 0.05) is 31.9 Å². The van der Waals surface area contributed by atoms with E-state index in [4.69, 9.17) is 0 Å². The van der Waals surface area contributed by atoms with Crippen molar-refractivity contribution >= 4 is 11.6 Å². The Labute approximate surface area is 121 Å². The molecule has 2 rings (SSSR count). The SMILES string of the molecule is CNc1ccc(C)cc1C(=O)N1CCC(N(C)C)CC1. The van der Waals surface area contributed by atoms with E-state index in [0.717, 1.165) is 42.7 Å². The number of anilines is 1. The minimum atomic E-state index is 0.148. The lowest BCUT2D eigenvalue weighted by atomic mass is 10.0. The first-order chi connectivity index (χ1) is 9.52. The van der Waals surface area contributed by atoms with E-state index >= 15 is 0 Å². The van der Waals surface area contributed by atoms with Crippen LogP contribution in [0.25, 0.3) is 0 Å². The number of nitrogens with zero attached hydrogens (tertiary/aromatic N) is 2. The lowest BCUT2D eigenvalue weighted by Gasteiger charge is -2.35. The highest BCUT2D eigenvalue weighted by atomic mass is 16.2. The number of aryl methyl sites for hydroxylation is 1. The van der Waals surface area contributed by atoms with Gasteiger partial charge in [0.1, 0.15) is 0 Å². The van der Waals surface area contributed by atoms with Gasteiger partial charge in [-0.25, -0.2) is 0 Å². The molecule has 0 aromatic heterocycles. The van der Waals surface area contributed by atoms with Gasteiger partial charge in [-0.15, -0.1) is 0 Å². The first kappa shape index (κ1) is 14.9. The Morgan fingerprint density at radius 1 is 1.30 bits per heavy atom. The van der Waals surface area contributed by atoms with Gasteiger partial charge in [-0.3, -0.25) is 4.79 Å². The minimum absolute atomic E-state index is 0.148. The number of rotatable bonds is 3. The summed E-state index contributed by atoms with van der Waals surface area (Å²) in [7, 11) is 6.09. The van der Waals surface area contributed by atoms with Crippen molar-refractivity contribution in [3.8, 4) is 0 Å². The van der Waals surface area contributed by atoms with Crippen LogP contribution in [0, 0.1) is 6.92 Å². The van der Waals surface area contributed by atoms with E-state index < -0.39 is 0 Å². The molecule has 0 saturated carbocycles. The molecular weight excluding hydrogens is 250 g/mol. The molecule has 1 N–H and O–H groups in total. The fourth-order valence-corrected chi connectivity index (χ4v) is 2.81. The zero-order valence-corrected chi connectivity index (χ0v) is 12.9. The molecule has 1 saturated heterocycles. The minimum Gasteiger partial charge on any atom is -0.387 e. The van der Waals surface area contributed by atoms with Gasteiger partial charge < -0.3 is 15.1 Å². The molecule has 1 amide bonds. The lowest BCUT2D eigenvalue weighted by Crippen LogP contribution is -2.44. The predicted molar refractivity (Wildman–Crippen MR) is 83.3 cm³/mol. The van der Waals surface area contributed by atoms with Crippen LogP contribution in [0.2, 0.25) is 0 Å². The number of hydrogen-bond donors (Lipinski definition) is 1. The second-order valence-corrected chi connectivity index (χ2v) is 5.79. The Bertz CT molecular complexity index is 477. The smallest absolute Gasteiger partial charge is 0.255 e. The average Bonchev–Trinajstić information content (AvgIpc) is 2.46. The molecule has 4 heteroatoms. The van der Waals surface area contributed by atoms with Crippen molar-refractivity contribution in [2.75, 3.05) is 39.5 Å². The fraction of sp³-hybridized carbons (Fsp3) is 0.562. The predicted octanol–water partition coefficient (Wildman–Crippen LogP) is 2.20. The monoisotopic (exact) mass is 275 g/mol. The van der Waals surface area contributed by atoms with Crippen LogP contribution in [0.4, 0.5) is 5.69 Å². The number of likely N-dealkylation sites (tertiary alicyclic amines) is 1. The van der Waals surface area contributed by atoms with Crippen molar-refractivity contribution < 1.29 is 4.79 Å². The molecule has 0 spiro atoms.